The summed E-state index contributed by atoms with van der Waals surface area (Å²) in [4.78, 5) is 2.51. The highest BCUT2D eigenvalue weighted by Crippen LogP contribution is 2.23. The van der Waals surface area contributed by atoms with Gasteiger partial charge >= 0.3 is 0 Å². The standard InChI is InChI=1S/C16H26N2/c1-13(2)17-12-15-4-6-16(7-5-15)18-10-8-14(3)9-11-18/h4-7,13-14,17H,8-12H2,1-3H3. The second kappa shape index (κ2) is 6.24. The lowest BCUT2D eigenvalue weighted by Crippen LogP contribution is -2.32. The third-order valence-corrected chi connectivity index (χ3v) is 3.80. The number of nitrogens with zero attached hydrogens (tertiary/aromatic N) is 1. The zero-order valence-corrected chi connectivity index (χ0v) is 11.9. The lowest BCUT2D eigenvalue weighted by Gasteiger charge is -2.32. The minimum atomic E-state index is 0.549. The molecular weight excluding hydrogens is 220 g/mol. The summed E-state index contributed by atoms with van der Waals surface area (Å²) < 4.78 is 0. The van der Waals surface area contributed by atoms with Gasteiger partial charge in [-0.2, -0.15) is 0 Å². The van der Waals surface area contributed by atoms with E-state index >= 15 is 0 Å². The van der Waals surface area contributed by atoms with E-state index in [-0.39, 0.29) is 0 Å². The Morgan fingerprint density at radius 3 is 2.33 bits per heavy atom. The Kier molecular flexibility index (Phi) is 4.65. The van der Waals surface area contributed by atoms with Crippen molar-refractivity contribution in [2.75, 3.05) is 18.0 Å². The Bertz CT molecular complexity index is 348. The molecule has 0 spiro atoms. The summed E-state index contributed by atoms with van der Waals surface area (Å²) in [7, 11) is 0. The van der Waals surface area contributed by atoms with Crippen molar-refractivity contribution >= 4 is 5.69 Å². The van der Waals surface area contributed by atoms with Crippen molar-refractivity contribution in [3.63, 3.8) is 0 Å². The molecule has 1 aliphatic rings. The monoisotopic (exact) mass is 246 g/mol. The summed E-state index contributed by atoms with van der Waals surface area (Å²) in [5, 5.41) is 3.45. The fraction of sp³-hybridized carbons (Fsp3) is 0.625. The van der Waals surface area contributed by atoms with Crippen LogP contribution in [-0.2, 0) is 6.54 Å². The van der Waals surface area contributed by atoms with Crippen LogP contribution in [0.15, 0.2) is 24.3 Å². The molecule has 0 saturated carbocycles. The van der Waals surface area contributed by atoms with E-state index in [1.54, 1.807) is 0 Å². The Morgan fingerprint density at radius 1 is 1.17 bits per heavy atom. The van der Waals surface area contributed by atoms with E-state index in [4.69, 9.17) is 0 Å². The zero-order valence-electron chi connectivity index (χ0n) is 11.9. The van der Waals surface area contributed by atoms with Crippen molar-refractivity contribution in [3.8, 4) is 0 Å². The maximum atomic E-state index is 3.45. The third kappa shape index (κ3) is 3.74. The lowest BCUT2D eigenvalue weighted by atomic mass is 9.99. The second-order valence-corrected chi connectivity index (χ2v) is 5.87. The minimum Gasteiger partial charge on any atom is -0.372 e. The largest absolute Gasteiger partial charge is 0.372 e. The SMILES string of the molecule is CC1CCN(c2ccc(CNC(C)C)cc2)CC1. The smallest absolute Gasteiger partial charge is 0.0366 e. The molecule has 0 aliphatic carbocycles. The predicted molar refractivity (Wildman–Crippen MR) is 79.0 cm³/mol. The van der Waals surface area contributed by atoms with Crippen LogP contribution < -0.4 is 10.2 Å². The molecule has 1 N–H and O–H groups in total. The molecule has 0 radical (unpaired) electrons. The molecule has 1 fully saturated rings. The van der Waals surface area contributed by atoms with Crippen LogP contribution in [-0.4, -0.2) is 19.1 Å². The Morgan fingerprint density at radius 2 is 1.78 bits per heavy atom. The van der Waals surface area contributed by atoms with Crippen molar-refractivity contribution in [1.82, 2.24) is 5.32 Å². The molecule has 1 saturated heterocycles. The van der Waals surface area contributed by atoms with Crippen LogP contribution in [0.4, 0.5) is 5.69 Å². The molecule has 1 aliphatic heterocycles. The van der Waals surface area contributed by atoms with Crippen LogP contribution in [0.1, 0.15) is 39.2 Å². The zero-order chi connectivity index (χ0) is 13.0. The van der Waals surface area contributed by atoms with Gasteiger partial charge in [-0.15, -0.1) is 0 Å². The molecule has 2 nitrogen and oxygen atoms in total. The number of benzene rings is 1. The van der Waals surface area contributed by atoms with E-state index in [2.05, 4.69) is 55.3 Å². The van der Waals surface area contributed by atoms with Gasteiger partial charge in [0.25, 0.3) is 0 Å². The Labute approximate surface area is 111 Å². The first kappa shape index (κ1) is 13.4. The maximum absolute atomic E-state index is 3.45. The summed E-state index contributed by atoms with van der Waals surface area (Å²) in [5.41, 5.74) is 2.76. The number of anilines is 1. The topological polar surface area (TPSA) is 15.3 Å². The van der Waals surface area contributed by atoms with Crippen molar-refractivity contribution in [1.29, 1.82) is 0 Å². The number of hydrogen-bond donors (Lipinski definition) is 1. The molecule has 1 aromatic rings. The van der Waals surface area contributed by atoms with Crippen LogP contribution in [0.2, 0.25) is 0 Å². The molecule has 18 heavy (non-hydrogen) atoms. The fourth-order valence-corrected chi connectivity index (χ4v) is 2.41. The number of piperidine rings is 1. The third-order valence-electron chi connectivity index (χ3n) is 3.80. The van der Waals surface area contributed by atoms with Gasteiger partial charge in [-0.1, -0.05) is 32.9 Å². The van der Waals surface area contributed by atoms with Crippen LogP contribution in [0.3, 0.4) is 0 Å². The maximum Gasteiger partial charge on any atom is 0.0366 e. The van der Waals surface area contributed by atoms with Crippen LogP contribution in [0, 0.1) is 5.92 Å². The molecule has 0 amide bonds. The van der Waals surface area contributed by atoms with Crippen molar-refractivity contribution in [2.45, 2.75) is 46.2 Å². The van der Waals surface area contributed by atoms with Crippen molar-refractivity contribution in [2.24, 2.45) is 5.92 Å². The van der Waals surface area contributed by atoms with Gasteiger partial charge in [0.05, 0.1) is 0 Å². The highest BCUT2D eigenvalue weighted by molar-refractivity contribution is 5.47. The summed E-state index contributed by atoms with van der Waals surface area (Å²) in [6, 6.07) is 9.60. The van der Waals surface area contributed by atoms with Gasteiger partial charge in [-0.05, 0) is 36.5 Å². The van der Waals surface area contributed by atoms with Gasteiger partial charge in [-0.3, -0.25) is 0 Å². The number of nitrogens with one attached hydrogen (secondary N) is 1. The average molecular weight is 246 g/mol. The highest BCUT2D eigenvalue weighted by atomic mass is 15.1. The van der Waals surface area contributed by atoms with Gasteiger partial charge in [-0.25, -0.2) is 0 Å². The molecule has 2 rings (SSSR count). The van der Waals surface area contributed by atoms with Crippen LogP contribution in [0.25, 0.3) is 0 Å². The molecule has 0 aromatic heterocycles. The molecule has 2 heteroatoms. The van der Waals surface area contributed by atoms with Gasteiger partial charge in [0, 0.05) is 31.4 Å². The van der Waals surface area contributed by atoms with E-state index in [1.807, 2.05) is 0 Å². The summed E-state index contributed by atoms with van der Waals surface area (Å²) >= 11 is 0. The first-order valence-corrected chi connectivity index (χ1v) is 7.22. The molecular formula is C16H26N2. The number of hydrogen-bond acceptors (Lipinski definition) is 2. The molecule has 0 unspecified atom stereocenters. The quantitative estimate of drug-likeness (QED) is 0.875. The van der Waals surface area contributed by atoms with E-state index in [0.717, 1.165) is 12.5 Å². The fourth-order valence-electron chi connectivity index (χ4n) is 2.41. The molecule has 0 atom stereocenters. The summed E-state index contributed by atoms with van der Waals surface area (Å²) in [5.74, 6) is 0.899. The van der Waals surface area contributed by atoms with Crippen molar-refractivity contribution in [3.05, 3.63) is 29.8 Å². The Balaban J connectivity index is 1.91. The predicted octanol–water partition coefficient (Wildman–Crippen LogP) is 3.42. The van der Waals surface area contributed by atoms with Crippen molar-refractivity contribution < 1.29 is 0 Å². The summed E-state index contributed by atoms with van der Waals surface area (Å²) in [6.07, 6.45) is 2.66. The first-order chi connectivity index (χ1) is 8.65. The average Bonchev–Trinajstić information content (AvgIpc) is 2.38. The van der Waals surface area contributed by atoms with Gasteiger partial charge < -0.3 is 10.2 Å². The molecule has 0 bridgehead atoms. The van der Waals surface area contributed by atoms with E-state index in [1.165, 1.54) is 37.2 Å². The first-order valence-electron chi connectivity index (χ1n) is 7.22. The summed E-state index contributed by atoms with van der Waals surface area (Å²) in [6.45, 7) is 10.1. The van der Waals surface area contributed by atoms with E-state index < -0.39 is 0 Å². The van der Waals surface area contributed by atoms with E-state index in [9.17, 15) is 0 Å². The van der Waals surface area contributed by atoms with Gasteiger partial charge in [0.1, 0.15) is 0 Å². The van der Waals surface area contributed by atoms with Gasteiger partial charge in [0.2, 0.25) is 0 Å². The number of rotatable bonds is 4. The van der Waals surface area contributed by atoms with E-state index in [0.29, 0.717) is 6.04 Å². The highest BCUT2D eigenvalue weighted by Gasteiger charge is 2.15. The molecule has 1 aromatic carbocycles. The van der Waals surface area contributed by atoms with Crippen LogP contribution >= 0.6 is 0 Å². The lowest BCUT2D eigenvalue weighted by molar-refractivity contribution is 0.438. The van der Waals surface area contributed by atoms with Crippen LogP contribution in [0.5, 0.6) is 0 Å². The minimum absolute atomic E-state index is 0.549. The molecule has 100 valence electrons. The Hall–Kier alpha value is -1.02. The molecule has 1 heterocycles. The normalized spacial score (nSPS) is 17.4. The second-order valence-electron chi connectivity index (χ2n) is 5.87. The van der Waals surface area contributed by atoms with Gasteiger partial charge in [0.15, 0.2) is 0 Å².